The highest BCUT2D eigenvalue weighted by Gasteiger charge is 2.21. The third kappa shape index (κ3) is 6.02. The second-order valence-electron chi connectivity index (χ2n) is 7.68. The number of nitrogens with one attached hydrogen (secondary N) is 4. The van der Waals surface area contributed by atoms with E-state index in [2.05, 4.69) is 30.6 Å². The van der Waals surface area contributed by atoms with Gasteiger partial charge in [0.05, 0.1) is 12.4 Å². The van der Waals surface area contributed by atoms with E-state index in [1.165, 1.54) is 0 Å². The van der Waals surface area contributed by atoms with Crippen molar-refractivity contribution in [3.8, 4) is 11.3 Å². The van der Waals surface area contributed by atoms with E-state index in [-0.39, 0.29) is 5.91 Å². The maximum absolute atomic E-state index is 12.7. The molecule has 2 aromatic carbocycles. The van der Waals surface area contributed by atoms with Gasteiger partial charge in [0.15, 0.2) is 0 Å². The molecule has 4 aromatic rings. The van der Waals surface area contributed by atoms with Crippen molar-refractivity contribution in [2.24, 2.45) is 0 Å². The number of aryl methyl sites for hydroxylation is 1. The van der Waals surface area contributed by atoms with Gasteiger partial charge in [-0.05, 0) is 30.5 Å². The fourth-order valence-electron chi connectivity index (χ4n) is 3.56. The lowest BCUT2D eigenvalue weighted by atomic mass is 10.0. The summed E-state index contributed by atoms with van der Waals surface area (Å²) in [6, 6.07) is 16.1. The van der Waals surface area contributed by atoms with Crippen molar-refractivity contribution in [3.63, 3.8) is 0 Å². The Bertz CT molecular complexity index is 1240. The molecule has 1 atom stereocenters. The summed E-state index contributed by atoms with van der Waals surface area (Å²) in [5.74, 6) is 0.417. The number of nitrogens with zero attached hydrogens (tertiary/aromatic N) is 2. The maximum Gasteiger partial charge on any atom is 0.409 e. The van der Waals surface area contributed by atoms with Crippen molar-refractivity contribution < 1.29 is 14.7 Å². The summed E-state index contributed by atoms with van der Waals surface area (Å²) in [4.78, 5) is 38.3. The van der Waals surface area contributed by atoms with Gasteiger partial charge in [0, 0.05) is 29.6 Å². The number of aromatic nitrogens is 4. The molecule has 2 heterocycles. The van der Waals surface area contributed by atoms with Crippen molar-refractivity contribution in [3.05, 3.63) is 89.4 Å². The smallest absolute Gasteiger partial charge is 0.409 e. The molecule has 174 valence electrons. The third-order valence-electron chi connectivity index (χ3n) is 5.21. The molecule has 0 aliphatic heterocycles. The van der Waals surface area contributed by atoms with E-state index in [9.17, 15) is 9.59 Å². The van der Waals surface area contributed by atoms with Gasteiger partial charge in [-0.15, -0.1) is 0 Å². The number of anilines is 1. The zero-order valence-electron chi connectivity index (χ0n) is 18.1. The fourth-order valence-corrected chi connectivity index (χ4v) is 3.81. The molecule has 0 aliphatic carbocycles. The predicted octanol–water partition coefficient (Wildman–Crippen LogP) is 4.58. The molecule has 0 unspecified atom stereocenters. The normalized spacial score (nSPS) is 11.7. The molecule has 0 bridgehead atoms. The van der Waals surface area contributed by atoms with E-state index in [4.69, 9.17) is 16.7 Å². The van der Waals surface area contributed by atoms with Gasteiger partial charge in [0.2, 0.25) is 5.91 Å². The molecule has 5 N–H and O–H groups in total. The van der Waals surface area contributed by atoms with Crippen LogP contribution in [0.4, 0.5) is 10.5 Å². The van der Waals surface area contributed by atoms with Gasteiger partial charge in [0.25, 0.3) is 0 Å². The average Bonchev–Trinajstić information content (AvgIpc) is 3.48. The Kier molecular flexibility index (Phi) is 7.24. The maximum atomic E-state index is 12.7. The number of H-pyrrole nitrogens is 2. The summed E-state index contributed by atoms with van der Waals surface area (Å²) < 4.78 is 0. The molecular weight excluding hydrogens is 456 g/mol. The van der Waals surface area contributed by atoms with Gasteiger partial charge < -0.3 is 20.4 Å². The van der Waals surface area contributed by atoms with Crippen LogP contribution in [0.1, 0.15) is 29.5 Å². The van der Waals surface area contributed by atoms with Crippen LogP contribution in [0.25, 0.3) is 11.3 Å². The summed E-state index contributed by atoms with van der Waals surface area (Å²) in [6.07, 6.45) is 3.52. The highest BCUT2D eigenvalue weighted by atomic mass is 35.5. The molecule has 34 heavy (non-hydrogen) atoms. The van der Waals surface area contributed by atoms with Gasteiger partial charge >= 0.3 is 6.09 Å². The van der Waals surface area contributed by atoms with Crippen molar-refractivity contribution in [2.75, 3.05) is 5.32 Å². The summed E-state index contributed by atoms with van der Waals surface area (Å²) in [5.41, 5.74) is 3.60. The Morgan fingerprint density at radius 3 is 2.53 bits per heavy atom. The topological polar surface area (TPSA) is 136 Å². The van der Waals surface area contributed by atoms with Gasteiger partial charge in [-0.2, -0.15) is 0 Å². The number of amides is 2. The van der Waals surface area contributed by atoms with Gasteiger partial charge in [0.1, 0.15) is 16.7 Å². The van der Waals surface area contributed by atoms with Gasteiger partial charge in [-0.1, -0.05) is 54.1 Å². The molecule has 0 fully saturated rings. The number of carbonyl (C=O) groups excluding carboxylic acids is 1. The lowest BCUT2D eigenvalue weighted by molar-refractivity contribution is -0.121. The minimum atomic E-state index is -1.14. The molecular formula is C24H23ClN6O3. The number of benzene rings is 2. The van der Waals surface area contributed by atoms with Crippen LogP contribution in [0.3, 0.4) is 0 Å². The first kappa shape index (κ1) is 23.1. The molecule has 9 nitrogen and oxygen atoms in total. The number of halogens is 1. The van der Waals surface area contributed by atoms with Crippen molar-refractivity contribution in [1.29, 1.82) is 0 Å². The molecule has 4 rings (SSSR count). The van der Waals surface area contributed by atoms with E-state index in [0.717, 1.165) is 11.3 Å². The minimum absolute atomic E-state index is 0.117. The number of hydrogen-bond acceptors (Lipinski definition) is 4. The van der Waals surface area contributed by atoms with E-state index < -0.39 is 12.1 Å². The zero-order chi connectivity index (χ0) is 23.9. The highest BCUT2D eigenvalue weighted by Crippen LogP contribution is 2.29. The highest BCUT2D eigenvalue weighted by molar-refractivity contribution is 6.31. The second-order valence-corrected chi connectivity index (χ2v) is 8.06. The summed E-state index contributed by atoms with van der Waals surface area (Å²) >= 11 is 6.46. The van der Waals surface area contributed by atoms with Crippen LogP contribution in [-0.2, 0) is 17.6 Å². The Morgan fingerprint density at radius 1 is 1.09 bits per heavy atom. The number of hydrogen-bond donors (Lipinski definition) is 5. The standard InChI is InChI=1S/C24H23ClN6O3/c25-22-21(16-6-8-17(9-7-16)28-24(33)34)30-23(31-22)19(12-15-4-2-1-3-5-15)29-20(32)11-10-18-13-26-14-27-18/h1-9,13-14,19,28H,10-12H2,(H,26,27)(H,29,32)(H,30,31)(H,33,34)/t19-/m0/s1. The van der Waals surface area contributed by atoms with Crippen LogP contribution in [0.15, 0.2) is 67.1 Å². The molecule has 0 aliphatic rings. The lowest BCUT2D eigenvalue weighted by Crippen LogP contribution is -2.31. The first-order chi connectivity index (χ1) is 16.5. The van der Waals surface area contributed by atoms with Crippen LogP contribution < -0.4 is 10.6 Å². The number of carboxylic acid groups (broad SMARTS) is 1. The Morgan fingerprint density at radius 2 is 1.85 bits per heavy atom. The first-order valence-electron chi connectivity index (χ1n) is 10.6. The van der Waals surface area contributed by atoms with Gasteiger partial charge in [-0.25, -0.2) is 14.8 Å². The van der Waals surface area contributed by atoms with Crippen LogP contribution in [0.5, 0.6) is 0 Å². The molecule has 0 saturated carbocycles. The van der Waals surface area contributed by atoms with E-state index in [0.29, 0.717) is 47.2 Å². The van der Waals surface area contributed by atoms with Crippen molar-refractivity contribution >= 4 is 29.3 Å². The van der Waals surface area contributed by atoms with Crippen molar-refractivity contribution in [1.82, 2.24) is 25.3 Å². The van der Waals surface area contributed by atoms with Crippen LogP contribution >= 0.6 is 11.6 Å². The molecule has 0 radical (unpaired) electrons. The largest absolute Gasteiger partial charge is 0.465 e. The van der Waals surface area contributed by atoms with Crippen molar-refractivity contribution in [2.45, 2.75) is 25.3 Å². The average molecular weight is 479 g/mol. The Balaban J connectivity index is 1.54. The molecule has 2 amide bonds. The lowest BCUT2D eigenvalue weighted by Gasteiger charge is -2.17. The van der Waals surface area contributed by atoms with Crippen LogP contribution in [0, 0.1) is 0 Å². The third-order valence-corrected chi connectivity index (χ3v) is 5.49. The van der Waals surface area contributed by atoms with Crippen LogP contribution in [-0.4, -0.2) is 37.0 Å². The van der Waals surface area contributed by atoms with Gasteiger partial charge in [-0.3, -0.25) is 10.1 Å². The quantitative estimate of drug-likeness (QED) is 0.240. The molecule has 10 heteroatoms. The summed E-state index contributed by atoms with van der Waals surface area (Å²) in [5, 5.41) is 14.6. The van der Waals surface area contributed by atoms with E-state index in [1.807, 2.05) is 30.3 Å². The molecule has 0 spiro atoms. The second kappa shape index (κ2) is 10.7. The first-order valence-corrected chi connectivity index (χ1v) is 11.0. The van der Waals surface area contributed by atoms with E-state index in [1.54, 1.807) is 36.8 Å². The predicted molar refractivity (Wildman–Crippen MR) is 129 cm³/mol. The fraction of sp³-hybridized carbons (Fsp3) is 0.167. The monoisotopic (exact) mass is 478 g/mol. The number of imidazole rings is 2. The minimum Gasteiger partial charge on any atom is -0.465 e. The number of rotatable bonds is 9. The Hall–Kier alpha value is -4.11. The van der Waals surface area contributed by atoms with Crippen LogP contribution in [0.2, 0.25) is 5.15 Å². The summed E-state index contributed by atoms with van der Waals surface area (Å²) in [7, 11) is 0. The summed E-state index contributed by atoms with van der Waals surface area (Å²) in [6.45, 7) is 0. The number of carbonyl (C=O) groups is 2. The molecule has 0 saturated heterocycles. The Labute approximate surface area is 200 Å². The number of aromatic amines is 2. The van der Waals surface area contributed by atoms with E-state index >= 15 is 0 Å². The zero-order valence-corrected chi connectivity index (χ0v) is 18.8. The SMILES string of the molecule is O=C(O)Nc1ccc(-c2nc([C@H](Cc3ccccc3)NC(=O)CCc3cnc[nH]3)[nH]c2Cl)cc1. The molecule has 2 aromatic heterocycles.